The fourth-order valence-corrected chi connectivity index (χ4v) is 4.49. The molecule has 0 radical (unpaired) electrons. The number of nitrogens with zero attached hydrogens (tertiary/aromatic N) is 3. The number of aryl methyl sites for hydroxylation is 1. The molecule has 3 aromatic rings. The normalized spacial score (nSPS) is 16.6. The summed E-state index contributed by atoms with van der Waals surface area (Å²) in [5.41, 5.74) is 3.38. The van der Waals surface area contributed by atoms with Gasteiger partial charge in [-0.3, -0.25) is 9.59 Å². The zero-order valence-electron chi connectivity index (χ0n) is 16.6. The second-order valence-electron chi connectivity index (χ2n) is 7.35. The summed E-state index contributed by atoms with van der Waals surface area (Å²) in [5.74, 6) is -0.249. The van der Waals surface area contributed by atoms with E-state index >= 15 is 0 Å². The highest BCUT2D eigenvalue weighted by molar-refractivity contribution is 7.12. The van der Waals surface area contributed by atoms with E-state index in [-0.39, 0.29) is 17.7 Å². The number of nitrogens with one attached hydrogen (secondary N) is 1. The second kappa shape index (κ2) is 8.21. The average Bonchev–Trinajstić information content (AvgIpc) is 3.38. The maximum Gasteiger partial charge on any atom is 0.263 e. The van der Waals surface area contributed by atoms with Crippen molar-refractivity contribution in [3.05, 3.63) is 64.1 Å². The summed E-state index contributed by atoms with van der Waals surface area (Å²) in [6, 6.07) is 13.6. The number of thiophene rings is 1. The Labute approximate surface area is 174 Å². The van der Waals surface area contributed by atoms with Crippen molar-refractivity contribution < 1.29 is 9.59 Å². The van der Waals surface area contributed by atoms with Gasteiger partial charge in [0, 0.05) is 13.1 Å². The monoisotopic (exact) mass is 408 g/mol. The molecule has 1 atom stereocenters. The predicted molar refractivity (Wildman–Crippen MR) is 115 cm³/mol. The number of hydrogen-bond donors (Lipinski definition) is 1. The molecule has 3 heterocycles. The third-order valence-electron chi connectivity index (χ3n) is 5.35. The van der Waals surface area contributed by atoms with Crippen molar-refractivity contribution in [1.29, 1.82) is 0 Å². The molecule has 1 saturated heterocycles. The molecule has 0 unspecified atom stereocenters. The maximum absolute atomic E-state index is 13.0. The third kappa shape index (κ3) is 3.96. The first-order valence-corrected chi connectivity index (χ1v) is 10.7. The number of aromatic nitrogens is 2. The highest BCUT2D eigenvalue weighted by atomic mass is 32.1. The van der Waals surface area contributed by atoms with Crippen molar-refractivity contribution in [3.63, 3.8) is 0 Å². The van der Waals surface area contributed by atoms with Crippen LogP contribution in [0.3, 0.4) is 0 Å². The lowest BCUT2D eigenvalue weighted by molar-refractivity contribution is -0.121. The molecule has 0 aliphatic carbocycles. The molecule has 0 spiro atoms. The fraction of sp³-hybridized carbons (Fsp3) is 0.318. The van der Waals surface area contributed by atoms with E-state index in [1.54, 1.807) is 4.90 Å². The summed E-state index contributed by atoms with van der Waals surface area (Å²) in [6.45, 7) is 5.00. The van der Waals surface area contributed by atoms with Crippen molar-refractivity contribution >= 4 is 28.8 Å². The molecule has 2 amide bonds. The van der Waals surface area contributed by atoms with Gasteiger partial charge in [-0.15, -0.1) is 11.3 Å². The summed E-state index contributed by atoms with van der Waals surface area (Å²) in [7, 11) is 0. The van der Waals surface area contributed by atoms with Crippen molar-refractivity contribution in [2.45, 2.75) is 26.7 Å². The van der Waals surface area contributed by atoms with Gasteiger partial charge in [-0.2, -0.15) is 5.10 Å². The lowest BCUT2D eigenvalue weighted by atomic mass is 9.96. The van der Waals surface area contributed by atoms with Crippen LogP contribution in [0.25, 0.3) is 5.69 Å². The molecule has 4 rings (SSSR count). The molecule has 29 heavy (non-hydrogen) atoms. The first-order chi connectivity index (χ1) is 14.0. The van der Waals surface area contributed by atoms with Gasteiger partial charge in [-0.25, -0.2) is 4.68 Å². The zero-order valence-corrected chi connectivity index (χ0v) is 17.4. The Morgan fingerprint density at radius 1 is 1.14 bits per heavy atom. The first kappa shape index (κ1) is 19.4. The molecule has 1 fully saturated rings. The van der Waals surface area contributed by atoms with Crippen molar-refractivity contribution in [3.8, 4) is 5.69 Å². The zero-order chi connectivity index (χ0) is 20.4. The van der Waals surface area contributed by atoms with Crippen LogP contribution in [0.2, 0.25) is 0 Å². The lowest BCUT2D eigenvalue weighted by Crippen LogP contribution is -2.43. The highest BCUT2D eigenvalue weighted by Gasteiger charge is 2.30. The smallest absolute Gasteiger partial charge is 0.263 e. The van der Waals surface area contributed by atoms with Crippen LogP contribution in [0.4, 0.5) is 5.69 Å². The molecular weight excluding hydrogens is 384 g/mol. The Kier molecular flexibility index (Phi) is 5.49. The average molecular weight is 409 g/mol. The van der Waals surface area contributed by atoms with Crippen molar-refractivity contribution in [1.82, 2.24) is 14.7 Å². The van der Waals surface area contributed by atoms with Crippen LogP contribution in [0.15, 0.2) is 47.8 Å². The van der Waals surface area contributed by atoms with Crippen LogP contribution >= 0.6 is 11.3 Å². The largest absolute Gasteiger partial charge is 0.337 e. The Morgan fingerprint density at radius 2 is 1.93 bits per heavy atom. The molecule has 1 aliphatic rings. The third-order valence-corrected chi connectivity index (χ3v) is 6.21. The van der Waals surface area contributed by atoms with E-state index in [1.807, 2.05) is 66.4 Å². The number of anilines is 1. The van der Waals surface area contributed by atoms with Crippen LogP contribution in [0, 0.1) is 19.8 Å². The van der Waals surface area contributed by atoms with Gasteiger partial charge in [0.1, 0.15) is 0 Å². The van der Waals surface area contributed by atoms with Crippen LogP contribution in [-0.2, 0) is 4.79 Å². The molecule has 6 nitrogen and oxygen atoms in total. The molecule has 2 aromatic heterocycles. The van der Waals surface area contributed by atoms with E-state index in [1.165, 1.54) is 11.3 Å². The molecular formula is C22H24N4O2S. The van der Waals surface area contributed by atoms with Crippen LogP contribution in [0.5, 0.6) is 0 Å². The summed E-state index contributed by atoms with van der Waals surface area (Å²) in [6.07, 6.45) is 1.61. The van der Waals surface area contributed by atoms with Gasteiger partial charge in [0.2, 0.25) is 5.91 Å². The predicted octanol–water partition coefficient (Wildman–Crippen LogP) is 4.04. The van der Waals surface area contributed by atoms with E-state index in [0.717, 1.165) is 40.5 Å². The van der Waals surface area contributed by atoms with E-state index in [9.17, 15) is 9.59 Å². The minimum atomic E-state index is -0.216. The van der Waals surface area contributed by atoms with Gasteiger partial charge in [-0.1, -0.05) is 24.3 Å². The Morgan fingerprint density at radius 3 is 2.66 bits per heavy atom. The first-order valence-electron chi connectivity index (χ1n) is 9.80. The Hall–Kier alpha value is -2.93. The second-order valence-corrected chi connectivity index (χ2v) is 8.30. The van der Waals surface area contributed by atoms with Gasteiger partial charge in [0.25, 0.3) is 5.91 Å². The Bertz CT molecular complexity index is 1010. The van der Waals surface area contributed by atoms with Crippen molar-refractivity contribution in [2.24, 2.45) is 5.92 Å². The van der Waals surface area contributed by atoms with Crippen molar-refractivity contribution in [2.75, 3.05) is 18.4 Å². The Balaban J connectivity index is 1.48. The number of piperidine rings is 1. The number of likely N-dealkylation sites (tertiary alicyclic amines) is 1. The minimum Gasteiger partial charge on any atom is -0.337 e. The maximum atomic E-state index is 13.0. The molecule has 150 valence electrons. The molecule has 0 bridgehead atoms. The number of para-hydroxylation sites is 1. The molecule has 7 heteroatoms. The number of carbonyl (C=O) groups excluding carboxylic acids is 2. The summed E-state index contributed by atoms with van der Waals surface area (Å²) < 4.78 is 1.85. The molecule has 1 aromatic carbocycles. The molecule has 1 N–H and O–H groups in total. The van der Waals surface area contributed by atoms with E-state index < -0.39 is 0 Å². The van der Waals surface area contributed by atoms with E-state index in [4.69, 9.17) is 0 Å². The van der Waals surface area contributed by atoms with Gasteiger partial charge in [0.15, 0.2) is 0 Å². The summed E-state index contributed by atoms with van der Waals surface area (Å²) >= 11 is 1.44. The minimum absolute atomic E-state index is 0.0155. The topological polar surface area (TPSA) is 67.2 Å². The lowest BCUT2D eigenvalue weighted by Gasteiger charge is -2.31. The van der Waals surface area contributed by atoms with E-state index in [0.29, 0.717) is 13.1 Å². The van der Waals surface area contributed by atoms with Gasteiger partial charge in [0.05, 0.1) is 33.6 Å². The fourth-order valence-electron chi connectivity index (χ4n) is 3.80. The van der Waals surface area contributed by atoms with Gasteiger partial charge >= 0.3 is 0 Å². The van der Waals surface area contributed by atoms with Gasteiger partial charge in [-0.05, 0) is 50.3 Å². The summed E-state index contributed by atoms with van der Waals surface area (Å²) in [4.78, 5) is 28.2. The van der Waals surface area contributed by atoms with Crippen LogP contribution in [0.1, 0.15) is 33.9 Å². The van der Waals surface area contributed by atoms with Crippen LogP contribution in [-0.4, -0.2) is 39.6 Å². The van der Waals surface area contributed by atoms with Gasteiger partial charge < -0.3 is 10.2 Å². The highest BCUT2D eigenvalue weighted by Crippen LogP contribution is 2.26. The number of benzene rings is 1. The number of hydrogen-bond acceptors (Lipinski definition) is 4. The number of carbonyl (C=O) groups is 2. The molecule has 0 saturated carbocycles. The number of amides is 2. The standard InChI is InChI=1S/C22H24N4O2S/c1-15-20(16(2)26(24-15)18-9-4-3-5-10-18)23-21(27)17-8-6-12-25(14-17)22(28)19-11-7-13-29-19/h3-5,7,9-11,13,17H,6,8,12,14H2,1-2H3,(H,23,27)/t17-/m1/s1. The summed E-state index contributed by atoms with van der Waals surface area (Å²) in [5, 5.41) is 9.57. The van der Waals surface area contributed by atoms with E-state index in [2.05, 4.69) is 10.4 Å². The van der Waals surface area contributed by atoms with Crippen LogP contribution < -0.4 is 5.32 Å². The number of rotatable bonds is 4. The quantitative estimate of drug-likeness (QED) is 0.708. The SMILES string of the molecule is Cc1nn(-c2ccccc2)c(C)c1NC(=O)[C@@H]1CCCN(C(=O)c2cccs2)C1. The molecule has 1 aliphatic heterocycles.